The van der Waals surface area contributed by atoms with Crippen molar-refractivity contribution in [2.45, 2.75) is 39.5 Å². The van der Waals surface area contributed by atoms with Crippen LogP contribution < -0.4 is 0 Å². The maximum absolute atomic E-state index is 9.01. The number of rotatable bonds is 0. The second-order valence-electron chi connectivity index (χ2n) is 4.35. The van der Waals surface area contributed by atoms with Gasteiger partial charge in [0, 0.05) is 5.56 Å². The highest BCUT2D eigenvalue weighted by Gasteiger charge is 2.15. The Balaban J connectivity index is 2.56. The standard InChI is InChI=1S/C13H17NO/c1-9-7-11-5-3-4-6-13(14-15)12(11)8-10(9)2/h7-8,15H,3-6H2,1-2H3. The summed E-state index contributed by atoms with van der Waals surface area (Å²) in [4.78, 5) is 0. The van der Waals surface area contributed by atoms with Crippen molar-refractivity contribution in [1.29, 1.82) is 0 Å². The van der Waals surface area contributed by atoms with E-state index < -0.39 is 0 Å². The fourth-order valence-electron chi connectivity index (χ4n) is 2.20. The quantitative estimate of drug-likeness (QED) is 0.392. The molecule has 2 rings (SSSR count). The molecule has 0 atom stereocenters. The van der Waals surface area contributed by atoms with Crippen molar-refractivity contribution in [2.24, 2.45) is 5.16 Å². The highest BCUT2D eigenvalue weighted by Crippen LogP contribution is 2.24. The van der Waals surface area contributed by atoms with Crippen molar-refractivity contribution in [2.75, 3.05) is 0 Å². The number of aryl methyl sites for hydroxylation is 3. The Morgan fingerprint density at radius 3 is 2.47 bits per heavy atom. The highest BCUT2D eigenvalue weighted by molar-refractivity contribution is 6.02. The minimum atomic E-state index is 0.852. The molecule has 1 N–H and O–H groups in total. The SMILES string of the molecule is Cc1cc2c(cc1C)C(=NO)CCCC2. The molecule has 0 unspecified atom stereocenters. The van der Waals surface area contributed by atoms with Crippen LogP contribution in [0.1, 0.15) is 41.5 Å². The van der Waals surface area contributed by atoms with Crippen LogP contribution >= 0.6 is 0 Å². The fraction of sp³-hybridized carbons (Fsp3) is 0.462. The third-order valence-corrected chi connectivity index (χ3v) is 3.26. The van der Waals surface area contributed by atoms with Crippen LogP contribution in [0.4, 0.5) is 0 Å². The average molecular weight is 203 g/mol. The second-order valence-corrected chi connectivity index (χ2v) is 4.35. The number of oxime groups is 1. The van der Waals surface area contributed by atoms with E-state index in [-0.39, 0.29) is 0 Å². The van der Waals surface area contributed by atoms with Crippen LogP contribution in [-0.4, -0.2) is 10.9 Å². The van der Waals surface area contributed by atoms with Gasteiger partial charge in [0.15, 0.2) is 0 Å². The molecule has 1 aliphatic carbocycles. The summed E-state index contributed by atoms with van der Waals surface area (Å²) in [6, 6.07) is 4.40. The summed E-state index contributed by atoms with van der Waals surface area (Å²) in [5.74, 6) is 0. The third-order valence-electron chi connectivity index (χ3n) is 3.26. The minimum Gasteiger partial charge on any atom is -0.411 e. The first-order valence-electron chi connectivity index (χ1n) is 5.54. The zero-order valence-electron chi connectivity index (χ0n) is 9.38. The molecule has 0 spiro atoms. The summed E-state index contributed by atoms with van der Waals surface area (Å²) >= 11 is 0. The lowest BCUT2D eigenvalue weighted by atomic mass is 9.96. The van der Waals surface area contributed by atoms with E-state index in [9.17, 15) is 0 Å². The number of hydrogen-bond acceptors (Lipinski definition) is 2. The van der Waals surface area contributed by atoms with Gasteiger partial charge in [0.25, 0.3) is 0 Å². The van der Waals surface area contributed by atoms with E-state index in [4.69, 9.17) is 5.21 Å². The Bertz CT molecular complexity index is 407. The first-order chi connectivity index (χ1) is 7.22. The second kappa shape index (κ2) is 4.05. The fourth-order valence-corrected chi connectivity index (χ4v) is 2.20. The summed E-state index contributed by atoms with van der Waals surface area (Å²) in [7, 11) is 0. The molecule has 0 radical (unpaired) electrons. The molecule has 0 heterocycles. The van der Waals surface area contributed by atoms with Gasteiger partial charge < -0.3 is 5.21 Å². The van der Waals surface area contributed by atoms with Crippen LogP contribution in [0.25, 0.3) is 0 Å². The van der Waals surface area contributed by atoms with Crippen LogP contribution in [0.15, 0.2) is 17.3 Å². The average Bonchev–Trinajstić information content (AvgIpc) is 2.41. The molecule has 2 heteroatoms. The van der Waals surface area contributed by atoms with Gasteiger partial charge in [-0.3, -0.25) is 0 Å². The Morgan fingerprint density at radius 1 is 1.07 bits per heavy atom. The highest BCUT2D eigenvalue weighted by atomic mass is 16.4. The van der Waals surface area contributed by atoms with Gasteiger partial charge in [0.2, 0.25) is 0 Å². The molecule has 1 aromatic rings. The predicted octanol–water partition coefficient (Wildman–Crippen LogP) is 3.21. The molecular formula is C13H17NO. The van der Waals surface area contributed by atoms with Gasteiger partial charge in [-0.2, -0.15) is 0 Å². The van der Waals surface area contributed by atoms with Crippen LogP contribution in [0.3, 0.4) is 0 Å². The number of hydrogen-bond donors (Lipinski definition) is 1. The molecule has 0 saturated heterocycles. The molecule has 0 saturated carbocycles. The molecule has 0 amide bonds. The lowest BCUT2D eigenvalue weighted by Gasteiger charge is -2.10. The number of nitrogens with zero attached hydrogens (tertiary/aromatic N) is 1. The summed E-state index contributed by atoms with van der Waals surface area (Å²) in [5.41, 5.74) is 5.94. The predicted molar refractivity (Wildman–Crippen MR) is 61.8 cm³/mol. The van der Waals surface area contributed by atoms with Gasteiger partial charge in [-0.25, -0.2) is 0 Å². The molecule has 0 bridgehead atoms. The first-order valence-corrected chi connectivity index (χ1v) is 5.54. The van der Waals surface area contributed by atoms with Crippen molar-refractivity contribution < 1.29 is 5.21 Å². The van der Waals surface area contributed by atoms with Gasteiger partial charge >= 0.3 is 0 Å². The van der Waals surface area contributed by atoms with E-state index >= 15 is 0 Å². The molecule has 2 nitrogen and oxygen atoms in total. The maximum atomic E-state index is 9.01. The van der Waals surface area contributed by atoms with Crippen molar-refractivity contribution in [3.05, 3.63) is 34.4 Å². The maximum Gasteiger partial charge on any atom is 0.0870 e. The third kappa shape index (κ3) is 1.89. The number of fused-ring (bicyclic) bond motifs is 1. The van der Waals surface area contributed by atoms with Crippen LogP contribution in [-0.2, 0) is 6.42 Å². The van der Waals surface area contributed by atoms with E-state index in [1.807, 2.05) is 0 Å². The summed E-state index contributed by atoms with van der Waals surface area (Å²) in [6.07, 6.45) is 4.31. The Morgan fingerprint density at radius 2 is 1.73 bits per heavy atom. The van der Waals surface area contributed by atoms with E-state index in [1.54, 1.807) is 0 Å². The number of benzene rings is 1. The van der Waals surface area contributed by atoms with E-state index in [0.717, 1.165) is 30.5 Å². The molecule has 15 heavy (non-hydrogen) atoms. The van der Waals surface area contributed by atoms with Crippen LogP contribution in [0.2, 0.25) is 0 Å². The lowest BCUT2D eigenvalue weighted by molar-refractivity contribution is 0.318. The molecular weight excluding hydrogens is 186 g/mol. The smallest absolute Gasteiger partial charge is 0.0870 e. The normalized spacial score (nSPS) is 18.7. The Hall–Kier alpha value is -1.31. The van der Waals surface area contributed by atoms with E-state index in [0.29, 0.717) is 0 Å². The molecule has 0 aromatic heterocycles. The van der Waals surface area contributed by atoms with Crippen molar-refractivity contribution in [1.82, 2.24) is 0 Å². The summed E-state index contributed by atoms with van der Waals surface area (Å²) in [5, 5.41) is 12.4. The largest absolute Gasteiger partial charge is 0.411 e. The zero-order chi connectivity index (χ0) is 10.8. The first kappa shape index (κ1) is 10.2. The lowest BCUT2D eigenvalue weighted by Crippen LogP contribution is -2.03. The topological polar surface area (TPSA) is 32.6 Å². The van der Waals surface area contributed by atoms with E-state index in [2.05, 4.69) is 31.1 Å². The molecule has 1 aliphatic rings. The van der Waals surface area contributed by atoms with Gasteiger partial charge in [0.1, 0.15) is 0 Å². The van der Waals surface area contributed by atoms with Gasteiger partial charge in [0.05, 0.1) is 5.71 Å². The molecule has 80 valence electrons. The van der Waals surface area contributed by atoms with Crippen LogP contribution in [0.5, 0.6) is 0 Å². The van der Waals surface area contributed by atoms with Gasteiger partial charge in [-0.15, -0.1) is 0 Å². The van der Waals surface area contributed by atoms with Crippen molar-refractivity contribution in [3.8, 4) is 0 Å². The zero-order valence-corrected chi connectivity index (χ0v) is 9.38. The Labute approximate surface area is 90.6 Å². The molecule has 0 aliphatic heterocycles. The van der Waals surface area contributed by atoms with Crippen molar-refractivity contribution in [3.63, 3.8) is 0 Å². The minimum absolute atomic E-state index is 0.852. The molecule has 0 fully saturated rings. The van der Waals surface area contributed by atoms with E-state index in [1.165, 1.54) is 23.1 Å². The summed E-state index contributed by atoms with van der Waals surface area (Å²) in [6.45, 7) is 4.24. The summed E-state index contributed by atoms with van der Waals surface area (Å²) < 4.78 is 0. The monoisotopic (exact) mass is 203 g/mol. The van der Waals surface area contributed by atoms with Gasteiger partial charge in [-0.05, 0) is 62.3 Å². The van der Waals surface area contributed by atoms with Crippen LogP contribution in [0, 0.1) is 13.8 Å². The van der Waals surface area contributed by atoms with Crippen molar-refractivity contribution >= 4 is 5.71 Å². The molecule has 1 aromatic carbocycles. The Kier molecular flexibility index (Phi) is 2.76. The van der Waals surface area contributed by atoms with Gasteiger partial charge in [-0.1, -0.05) is 11.2 Å².